The number of imidazole rings is 1. The summed E-state index contributed by atoms with van der Waals surface area (Å²) >= 11 is 0. The first-order valence-corrected chi connectivity index (χ1v) is 11.5. The van der Waals surface area contributed by atoms with Crippen LogP contribution in [0.3, 0.4) is 0 Å². The molecule has 0 radical (unpaired) electrons. The number of sulfonamides is 1. The summed E-state index contributed by atoms with van der Waals surface area (Å²) in [5.74, 6) is 1.18. The maximum atomic E-state index is 13.3. The van der Waals surface area contributed by atoms with E-state index in [4.69, 9.17) is 4.74 Å². The van der Waals surface area contributed by atoms with Crippen LogP contribution in [0.2, 0.25) is 0 Å². The second kappa shape index (κ2) is 7.97. The van der Waals surface area contributed by atoms with Gasteiger partial charge in [-0.15, -0.1) is 0 Å². The van der Waals surface area contributed by atoms with E-state index in [1.807, 2.05) is 25.3 Å². The monoisotopic (exact) mass is 403 g/mol. The summed E-state index contributed by atoms with van der Waals surface area (Å²) in [5.41, 5.74) is 3.59. The molecule has 1 aliphatic carbocycles. The number of hydrogen-bond acceptors (Lipinski definition) is 4. The van der Waals surface area contributed by atoms with Gasteiger partial charge in [0.1, 0.15) is 12.4 Å². The Morgan fingerprint density at radius 3 is 2.86 bits per heavy atom. The fourth-order valence-corrected chi connectivity index (χ4v) is 6.12. The highest BCUT2D eigenvalue weighted by Crippen LogP contribution is 2.29. The van der Waals surface area contributed by atoms with Gasteiger partial charge >= 0.3 is 0 Å². The van der Waals surface area contributed by atoms with Crippen molar-refractivity contribution in [1.82, 2.24) is 13.9 Å². The van der Waals surface area contributed by atoms with Crippen LogP contribution in [-0.2, 0) is 40.8 Å². The molecule has 4 rings (SSSR count). The van der Waals surface area contributed by atoms with Crippen LogP contribution in [0.4, 0.5) is 0 Å². The second-order valence-electron chi connectivity index (χ2n) is 8.01. The number of aromatic nitrogens is 2. The smallest absolute Gasteiger partial charge is 0.243 e. The van der Waals surface area contributed by atoms with Crippen LogP contribution in [0, 0.1) is 12.8 Å². The summed E-state index contributed by atoms with van der Waals surface area (Å²) in [6, 6.07) is 5.69. The van der Waals surface area contributed by atoms with E-state index in [1.165, 1.54) is 11.1 Å². The summed E-state index contributed by atoms with van der Waals surface area (Å²) in [4.78, 5) is 4.88. The lowest BCUT2D eigenvalue weighted by atomic mass is 9.99. The van der Waals surface area contributed by atoms with E-state index in [-0.39, 0.29) is 5.92 Å². The van der Waals surface area contributed by atoms with Crippen LogP contribution in [0.5, 0.6) is 0 Å². The Bertz CT molecular complexity index is 952. The van der Waals surface area contributed by atoms with E-state index in [2.05, 4.69) is 9.55 Å². The quantitative estimate of drug-likeness (QED) is 0.744. The molecule has 6 nitrogen and oxygen atoms in total. The van der Waals surface area contributed by atoms with E-state index in [0.717, 1.165) is 50.2 Å². The molecular weight excluding hydrogens is 374 g/mol. The lowest BCUT2D eigenvalue weighted by molar-refractivity contribution is 0.169. The summed E-state index contributed by atoms with van der Waals surface area (Å²) in [5, 5.41) is 0. The zero-order valence-corrected chi connectivity index (χ0v) is 17.5. The average Bonchev–Trinajstić information content (AvgIpc) is 3.30. The minimum Gasteiger partial charge on any atom is -0.377 e. The van der Waals surface area contributed by atoms with E-state index in [1.54, 1.807) is 17.5 Å². The van der Waals surface area contributed by atoms with Gasteiger partial charge in [0.05, 0.1) is 4.90 Å². The number of ether oxygens (including phenoxy) is 1. The van der Waals surface area contributed by atoms with Crippen molar-refractivity contribution in [2.24, 2.45) is 5.92 Å². The number of hydrogen-bond donors (Lipinski definition) is 0. The summed E-state index contributed by atoms with van der Waals surface area (Å²) in [7, 11) is -1.78. The van der Waals surface area contributed by atoms with Crippen LogP contribution in [0.1, 0.15) is 41.9 Å². The number of fused-ring (bicyclic) bond motifs is 1. The van der Waals surface area contributed by atoms with Gasteiger partial charge in [-0.25, -0.2) is 13.4 Å². The molecule has 2 heterocycles. The molecule has 1 aromatic carbocycles. The molecule has 0 saturated carbocycles. The fraction of sp³-hybridized carbons (Fsp3) is 0.571. The van der Waals surface area contributed by atoms with E-state index in [9.17, 15) is 8.42 Å². The van der Waals surface area contributed by atoms with Gasteiger partial charge in [-0.1, -0.05) is 6.07 Å². The van der Waals surface area contributed by atoms with Crippen LogP contribution < -0.4 is 0 Å². The Morgan fingerprint density at radius 2 is 2.04 bits per heavy atom. The van der Waals surface area contributed by atoms with Crippen molar-refractivity contribution >= 4 is 10.0 Å². The summed E-state index contributed by atoms with van der Waals surface area (Å²) < 4.78 is 35.6. The minimum atomic E-state index is -3.44. The number of piperidine rings is 1. The topological polar surface area (TPSA) is 64.4 Å². The van der Waals surface area contributed by atoms with Gasteiger partial charge in [0.2, 0.25) is 10.0 Å². The van der Waals surface area contributed by atoms with Gasteiger partial charge in [0.15, 0.2) is 0 Å². The molecule has 0 amide bonds. The van der Waals surface area contributed by atoms with Gasteiger partial charge in [-0.2, -0.15) is 4.31 Å². The van der Waals surface area contributed by atoms with Crippen molar-refractivity contribution in [3.05, 3.63) is 47.0 Å². The highest BCUT2D eigenvalue weighted by atomic mass is 32.2. The molecule has 1 aliphatic heterocycles. The highest BCUT2D eigenvalue weighted by Gasteiger charge is 2.31. The highest BCUT2D eigenvalue weighted by molar-refractivity contribution is 7.89. The van der Waals surface area contributed by atoms with Crippen molar-refractivity contribution in [3.8, 4) is 0 Å². The molecule has 0 bridgehead atoms. The molecule has 1 unspecified atom stereocenters. The molecule has 0 spiro atoms. The van der Waals surface area contributed by atoms with Crippen LogP contribution in [-0.4, -0.2) is 42.5 Å². The Labute approximate surface area is 167 Å². The van der Waals surface area contributed by atoms with E-state index >= 15 is 0 Å². The minimum absolute atomic E-state index is 0.279. The van der Waals surface area contributed by atoms with Gasteiger partial charge < -0.3 is 9.30 Å². The van der Waals surface area contributed by atoms with Crippen molar-refractivity contribution in [2.75, 3.05) is 20.2 Å². The first-order valence-electron chi connectivity index (χ1n) is 10.1. The molecule has 152 valence electrons. The van der Waals surface area contributed by atoms with Gasteiger partial charge in [-0.3, -0.25) is 0 Å². The van der Waals surface area contributed by atoms with Crippen LogP contribution in [0.15, 0.2) is 29.3 Å². The Balaban J connectivity index is 1.51. The van der Waals surface area contributed by atoms with Crippen molar-refractivity contribution in [3.63, 3.8) is 0 Å². The first-order chi connectivity index (χ1) is 13.5. The molecule has 1 saturated heterocycles. The summed E-state index contributed by atoms with van der Waals surface area (Å²) in [6.45, 7) is 4.44. The molecule has 0 N–H and O–H groups in total. The first kappa shape index (κ1) is 19.6. The lowest BCUT2D eigenvalue weighted by Crippen LogP contribution is -2.41. The molecule has 1 atom stereocenters. The van der Waals surface area contributed by atoms with Crippen LogP contribution >= 0.6 is 0 Å². The third-order valence-electron chi connectivity index (χ3n) is 6.04. The van der Waals surface area contributed by atoms with Crippen molar-refractivity contribution in [2.45, 2.75) is 57.1 Å². The molecule has 1 fully saturated rings. The standard InChI is InChI=1S/C21H29N3O3S/c1-16-12-22-21(15-27-2)24(16)14-17-5-4-10-23(13-17)28(25,26)20-9-8-18-6-3-7-19(18)11-20/h8-9,11-12,17H,3-7,10,13-15H2,1-2H3. The maximum Gasteiger partial charge on any atom is 0.243 e. The van der Waals surface area contributed by atoms with Gasteiger partial charge in [0.25, 0.3) is 0 Å². The zero-order valence-electron chi connectivity index (χ0n) is 16.7. The third kappa shape index (κ3) is 3.75. The fourth-order valence-electron chi connectivity index (χ4n) is 4.51. The molecule has 2 aromatic rings. The summed E-state index contributed by atoms with van der Waals surface area (Å²) in [6.07, 6.45) is 6.95. The van der Waals surface area contributed by atoms with Crippen molar-refractivity contribution < 1.29 is 13.2 Å². The number of benzene rings is 1. The molecule has 2 aliphatic rings. The number of rotatable bonds is 6. The molecule has 1 aromatic heterocycles. The second-order valence-corrected chi connectivity index (χ2v) is 9.95. The van der Waals surface area contributed by atoms with Crippen LogP contribution in [0.25, 0.3) is 0 Å². The maximum absolute atomic E-state index is 13.3. The largest absolute Gasteiger partial charge is 0.377 e. The SMILES string of the molecule is COCc1ncc(C)n1CC1CCCN(S(=O)(=O)c2ccc3c(c2)CCC3)C1. The Morgan fingerprint density at radius 1 is 1.21 bits per heavy atom. The Hall–Kier alpha value is -1.70. The molecular formula is C21H29N3O3S. The number of nitrogens with zero attached hydrogens (tertiary/aromatic N) is 3. The Kier molecular flexibility index (Phi) is 5.58. The predicted octanol–water partition coefficient (Wildman–Crippen LogP) is 2.93. The third-order valence-corrected chi connectivity index (χ3v) is 7.90. The zero-order chi connectivity index (χ0) is 19.7. The molecule has 28 heavy (non-hydrogen) atoms. The van der Waals surface area contributed by atoms with Gasteiger partial charge in [0, 0.05) is 38.6 Å². The average molecular weight is 404 g/mol. The van der Waals surface area contributed by atoms with Gasteiger partial charge in [-0.05, 0) is 68.2 Å². The van der Waals surface area contributed by atoms with E-state index in [0.29, 0.717) is 24.6 Å². The number of aryl methyl sites for hydroxylation is 3. The van der Waals surface area contributed by atoms with E-state index < -0.39 is 10.0 Å². The lowest BCUT2D eigenvalue weighted by Gasteiger charge is -2.32. The van der Waals surface area contributed by atoms with Crippen molar-refractivity contribution in [1.29, 1.82) is 0 Å². The number of methoxy groups -OCH3 is 1. The normalized spacial score (nSPS) is 20.4. The predicted molar refractivity (Wildman–Crippen MR) is 108 cm³/mol. The molecule has 7 heteroatoms.